The molecular formula is C20H29N5O3S. The predicted octanol–water partition coefficient (Wildman–Crippen LogP) is 2.19. The van der Waals surface area contributed by atoms with Crippen molar-refractivity contribution in [3.05, 3.63) is 34.6 Å². The Balaban J connectivity index is 2.41. The molecule has 29 heavy (non-hydrogen) atoms. The Morgan fingerprint density at radius 3 is 2.38 bits per heavy atom. The fraction of sp³-hybridized carbons (Fsp3) is 0.500. The van der Waals surface area contributed by atoms with Gasteiger partial charge in [0.1, 0.15) is 0 Å². The third-order valence-corrected chi connectivity index (χ3v) is 5.72. The van der Waals surface area contributed by atoms with E-state index < -0.39 is 17.2 Å². The van der Waals surface area contributed by atoms with Crippen LogP contribution in [0.2, 0.25) is 0 Å². The highest BCUT2D eigenvalue weighted by Gasteiger charge is 2.21. The quantitative estimate of drug-likeness (QED) is 0.501. The van der Waals surface area contributed by atoms with Crippen LogP contribution in [-0.2, 0) is 11.3 Å². The molecule has 1 aromatic carbocycles. The number of para-hydroxylation sites is 1. The number of nitrogens with zero attached hydrogens (tertiary/aromatic N) is 3. The van der Waals surface area contributed by atoms with E-state index in [9.17, 15) is 14.4 Å². The first-order valence-corrected chi connectivity index (χ1v) is 10.5. The Hall–Kier alpha value is -2.39. The van der Waals surface area contributed by atoms with Crippen molar-refractivity contribution < 1.29 is 9.59 Å². The summed E-state index contributed by atoms with van der Waals surface area (Å²) in [5.74, 6) is -0.526. The number of aromatic nitrogens is 2. The van der Waals surface area contributed by atoms with E-state index in [1.54, 1.807) is 29.7 Å². The van der Waals surface area contributed by atoms with Gasteiger partial charge in [0.05, 0.1) is 16.2 Å². The maximum absolute atomic E-state index is 13.1. The minimum atomic E-state index is -0.907. The first-order chi connectivity index (χ1) is 13.6. The second-order valence-electron chi connectivity index (χ2n) is 7.41. The Labute approximate surface area is 174 Å². The number of amides is 3. The highest BCUT2D eigenvalue weighted by molar-refractivity contribution is 8.00. The maximum atomic E-state index is 13.1. The monoisotopic (exact) mass is 419 g/mol. The first-order valence-electron chi connectivity index (χ1n) is 9.64. The minimum Gasteiger partial charge on any atom is -0.351 e. The normalized spacial score (nSPS) is 12.7. The van der Waals surface area contributed by atoms with Crippen molar-refractivity contribution in [2.24, 2.45) is 5.73 Å². The largest absolute Gasteiger partial charge is 0.351 e. The molecule has 3 amide bonds. The topological polar surface area (TPSA) is 110 Å². The molecule has 0 aliphatic carbocycles. The molecule has 0 bridgehead atoms. The molecule has 1 heterocycles. The van der Waals surface area contributed by atoms with Gasteiger partial charge in [0.2, 0.25) is 5.91 Å². The van der Waals surface area contributed by atoms with Crippen LogP contribution in [-0.4, -0.2) is 50.3 Å². The lowest BCUT2D eigenvalue weighted by atomic mass is 10.2. The van der Waals surface area contributed by atoms with Gasteiger partial charge in [-0.25, -0.2) is 9.78 Å². The van der Waals surface area contributed by atoms with Crippen LogP contribution in [0.4, 0.5) is 4.79 Å². The number of nitrogens with two attached hydrogens (primary N) is 1. The number of hydrogen-bond acceptors (Lipinski definition) is 6. The highest BCUT2D eigenvalue weighted by Crippen LogP contribution is 2.23. The average molecular weight is 420 g/mol. The number of carbonyl (C=O) groups is 2. The second-order valence-corrected chi connectivity index (χ2v) is 8.72. The minimum absolute atomic E-state index is 0.145. The molecule has 0 saturated heterocycles. The second kappa shape index (κ2) is 9.89. The molecule has 1 unspecified atom stereocenters. The fourth-order valence-electron chi connectivity index (χ4n) is 3.20. The van der Waals surface area contributed by atoms with Crippen molar-refractivity contribution in [2.75, 3.05) is 6.54 Å². The molecule has 8 nitrogen and oxygen atoms in total. The number of hydrogen-bond donors (Lipinski definition) is 2. The van der Waals surface area contributed by atoms with E-state index in [2.05, 4.69) is 42.9 Å². The molecule has 0 fully saturated rings. The lowest BCUT2D eigenvalue weighted by Crippen LogP contribution is -2.41. The summed E-state index contributed by atoms with van der Waals surface area (Å²) >= 11 is 1.13. The number of primary amides is 1. The van der Waals surface area contributed by atoms with Crippen LogP contribution in [0, 0.1) is 0 Å². The number of urea groups is 1. The molecule has 1 aromatic heterocycles. The molecular weight excluding hydrogens is 390 g/mol. The smallest absolute Gasteiger partial charge is 0.318 e. The first kappa shape index (κ1) is 22.9. The van der Waals surface area contributed by atoms with E-state index in [1.165, 1.54) is 0 Å². The number of carbonyl (C=O) groups excluding carboxylic acids is 2. The Kier molecular flexibility index (Phi) is 7.80. The van der Waals surface area contributed by atoms with Crippen LogP contribution in [0.1, 0.15) is 34.6 Å². The molecule has 2 rings (SSSR count). The number of fused-ring (bicyclic) bond motifs is 1. The Morgan fingerprint density at radius 2 is 1.79 bits per heavy atom. The standard InChI is InChI=1S/C20H29N5O3S/c1-12(2)24(13(3)4)10-11-25-18(27)15-8-6-7-9-16(15)22-20(25)29-14(5)17(26)23-19(21)28/h6-9,12-14H,10-11H2,1-5H3,(H3,21,23,26,28). The number of thioether (sulfide) groups is 1. The predicted molar refractivity (Wildman–Crippen MR) is 116 cm³/mol. The third kappa shape index (κ3) is 5.80. The third-order valence-electron chi connectivity index (χ3n) is 4.63. The van der Waals surface area contributed by atoms with E-state index in [4.69, 9.17) is 5.73 Å². The van der Waals surface area contributed by atoms with Crippen LogP contribution in [0.3, 0.4) is 0 Å². The average Bonchev–Trinajstić information content (AvgIpc) is 2.63. The van der Waals surface area contributed by atoms with Gasteiger partial charge < -0.3 is 5.73 Å². The van der Waals surface area contributed by atoms with Crippen molar-refractivity contribution >= 4 is 34.6 Å². The summed E-state index contributed by atoms with van der Waals surface area (Å²) in [5.41, 5.74) is 5.46. The summed E-state index contributed by atoms with van der Waals surface area (Å²) in [6.07, 6.45) is 0. The van der Waals surface area contributed by atoms with Gasteiger partial charge in [-0.1, -0.05) is 23.9 Å². The SMILES string of the molecule is CC(Sc1nc2ccccc2c(=O)n1CCN(C(C)C)C(C)C)C(=O)NC(N)=O. The highest BCUT2D eigenvalue weighted by atomic mass is 32.2. The van der Waals surface area contributed by atoms with Gasteiger partial charge in [-0.3, -0.25) is 24.4 Å². The van der Waals surface area contributed by atoms with Gasteiger partial charge >= 0.3 is 6.03 Å². The molecule has 9 heteroatoms. The maximum Gasteiger partial charge on any atom is 0.318 e. The van der Waals surface area contributed by atoms with Crippen molar-refractivity contribution in [3.63, 3.8) is 0 Å². The van der Waals surface area contributed by atoms with Crippen LogP contribution < -0.4 is 16.6 Å². The zero-order valence-corrected chi connectivity index (χ0v) is 18.3. The van der Waals surface area contributed by atoms with E-state index in [1.807, 2.05) is 6.07 Å². The van der Waals surface area contributed by atoms with E-state index in [0.29, 0.717) is 41.2 Å². The van der Waals surface area contributed by atoms with Crippen LogP contribution in [0.15, 0.2) is 34.2 Å². The molecule has 0 spiro atoms. The number of nitrogens with one attached hydrogen (secondary N) is 1. The number of rotatable bonds is 8. The Morgan fingerprint density at radius 1 is 1.17 bits per heavy atom. The molecule has 0 saturated carbocycles. The van der Waals surface area contributed by atoms with E-state index >= 15 is 0 Å². The van der Waals surface area contributed by atoms with Crippen molar-refractivity contribution in [1.82, 2.24) is 19.8 Å². The van der Waals surface area contributed by atoms with Gasteiger partial charge in [-0.2, -0.15) is 0 Å². The Bertz CT molecular complexity index is 933. The van der Waals surface area contributed by atoms with Gasteiger partial charge in [-0.05, 0) is 46.8 Å². The van der Waals surface area contributed by atoms with Crippen LogP contribution in [0.5, 0.6) is 0 Å². The zero-order valence-electron chi connectivity index (χ0n) is 17.5. The lowest BCUT2D eigenvalue weighted by molar-refractivity contribution is -0.119. The van der Waals surface area contributed by atoms with E-state index in [0.717, 1.165) is 11.8 Å². The summed E-state index contributed by atoms with van der Waals surface area (Å²) in [5, 5.41) is 2.40. The lowest BCUT2D eigenvalue weighted by Gasteiger charge is -2.31. The van der Waals surface area contributed by atoms with Crippen molar-refractivity contribution in [1.29, 1.82) is 0 Å². The van der Waals surface area contributed by atoms with Crippen LogP contribution in [0.25, 0.3) is 10.9 Å². The summed E-state index contributed by atoms with van der Waals surface area (Å²) in [4.78, 5) is 43.1. The number of benzene rings is 1. The molecule has 0 radical (unpaired) electrons. The molecule has 2 aromatic rings. The van der Waals surface area contributed by atoms with Gasteiger partial charge in [-0.15, -0.1) is 0 Å². The van der Waals surface area contributed by atoms with Gasteiger partial charge in [0, 0.05) is 25.2 Å². The summed E-state index contributed by atoms with van der Waals surface area (Å²) < 4.78 is 1.61. The molecule has 3 N–H and O–H groups in total. The molecule has 158 valence electrons. The van der Waals surface area contributed by atoms with Gasteiger partial charge in [0.15, 0.2) is 5.16 Å². The molecule has 1 atom stereocenters. The fourth-order valence-corrected chi connectivity index (χ4v) is 4.13. The zero-order chi connectivity index (χ0) is 21.7. The molecule has 0 aliphatic rings. The van der Waals surface area contributed by atoms with Gasteiger partial charge in [0.25, 0.3) is 5.56 Å². The molecule has 0 aliphatic heterocycles. The van der Waals surface area contributed by atoms with Crippen LogP contribution >= 0.6 is 11.8 Å². The summed E-state index contributed by atoms with van der Waals surface area (Å²) in [6, 6.07) is 6.90. The summed E-state index contributed by atoms with van der Waals surface area (Å²) in [7, 11) is 0. The van der Waals surface area contributed by atoms with E-state index in [-0.39, 0.29) is 5.56 Å². The summed E-state index contributed by atoms with van der Waals surface area (Å²) in [6.45, 7) is 11.2. The number of imide groups is 1. The van der Waals surface area contributed by atoms with Crippen molar-refractivity contribution in [2.45, 2.75) is 63.7 Å². The van der Waals surface area contributed by atoms with Crippen molar-refractivity contribution in [3.8, 4) is 0 Å².